The minimum absolute atomic E-state index is 0.171. The number of carbonyl (C=O) groups excluding carboxylic acids is 1. The molecule has 0 radical (unpaired) electrons. The fraction of sp³-hybridized carbons (Fsp3) is 0.192. The zero-order valence-corrected chi connectivity index (χ0v) is 20.2. The fourth-order valence-electron chi connectivity index (χ4n) is 3.48. The van der Waals surface area contributed by atoms with Gasteiger partial charge in [-0.25, -0.2) is 4.98 Å². The highest BCUT2D eigenvalue weighted by Crippen LogP contribution is 2.29. The van der Waals surface area contributed by atoms with E-state index in [9.17, 15) is 4.79 Å². The molecule has 4 aromatic rings. The van der Waals surface area contributed by atoms with E-state index in [1.54, 1.807) is 12.1 Å². The van der Waals surface area contributed by atoms with E-state index in [1.807, 2.05) is 43.3 Å². The molecule has 0 aliphatic carbocycles. The normalized spacial score (nSPS) is 11.9. The van der Waals surface area contributed by atoms with Gasteiger partial charge in [0, 0.05) is 11.3 Å². The minimum Gasteiger partial charge on any atom is -0.436 e. The monoisotopic (exact) mass is 477 g/mol. The molecule has 0 saturated carbocycles. The van der Waals surface area contributed by atoms with Crippen molar-refractivity contribution in [2.45, 2.75) is 33.1 Å². The molecule has 1 heterocycles. The number of anilines is 1. The van der Waals surface area contributed by atoms with Gasteiger partial charge in [0.2, 0.25) is 5.89 Å². The summed E-state index contributed by atoms with van der Waals surface area (Å²) in [5.41, 5.74) is 5.67. The maximum atomic E-state index is 12.5. The molecule has 1 amide bonds. The van der Waals surface area contributed by atoms with Crippen LogP contribution in [0.1, 0.15) is 47.7 Å². The molecule has 0 spiro atoms. The number of aromatic nitrogens is 1. The highest BCUT2D eigenvalue weighted by atomic mass is 35.5. The number of fused-ring (bicyclic) bond motifs is 1. The SMILES string of the molecule is CC[C@H](C)c1ccc2oc(-c3cccc(NC(=S)NC(=O)c4ccc(C)cc4Cl)c3)nc2c1. The van der Waals surface area contributed by atoms with Gasteiger partial charge in [-0.15, -0.1) is 0 Å². The first-order valence-corrected chi connectivity index (χ1v) is 11.5. The van der Waals surface area contributed by atoms with Crippen LogP contribution in [-0.4, -0.2) is 16.0 Å². The summed E-state index contributed by atoms with van der Waals surface area (Å²) in [7, 11) is 0. The fourth-order valence-corrected chi connectivity index (χ4v) is 4.01. The number of halogens is 1. The molecule has 1 atom stereocenters. The van der Waals surface area contributed by atoms with E-state index in [-0.39, 0.29) is 11.0 Å². The molecular weight excluding hydrogens is 454 g/mol. The van der Waals surface area contributed by atoms with E-state index in [1.165, 1.54) is 5.56 Å². The van der Waals surface area contributed by atoms with Crippen LogP contribution in [-0.2, 0) is 0 Å². The predicted molar refractivity (Wildman–Crippen MR) is 138 cm³/mol. The Balaban J connectivity index is 1.49. The molecule has 4 rings (SSSR count). The van der Waals surface area contributed by atoms with E-state index < -0.39 is 0 Å². The summed E-state index contributed by atoms with van der Waals surface area (Å²) < 4.78 is 5.97. The Kier molecular flexibility index (Phi) is 6.77. The summed E-state index contributed by atoms with van der Waals surface area (Å²) in [4.78, 5) is 17.2. The molecule has 2 N–H and O–H groups in total. The van der Waals surface area contributed by atoms with E-state index >= 15 is 0 Å². The highest BCUT2D eigenvalue weighted by Gasteiger charge is 2.14. The van der Waals surface area contributed by atoms with Gasteiger partial charge in [0.15, 0.2) is 10.7 Å². The second kappa shape index (κ2) is 9.73. The summed E-state index contributed by atoms with van der Waals surface area (Å²) in [6.45, 7) is 6.28. The van der Waals surface area contributed by atoms with Crippen LogP contribution >= 0.6 is 23.8 Å². The molecule has 0 saturated heterocycles. The van der Waals surface area contributed by atoms with Crippen molar-refractivity contribution in [1.29, 1.82) is 0 Å². The van der Waals surface area contributed by atoms with Crippen LogP contribution in [0.15, 0.2) is 65.1 Å². The molecule has 5 nitrogen and oxygen atoms in total. The van der Waals surface area contributed by atoms with Crippen LogP contribution in [0.2, 0.25) is 5.02 Å². The molecule has 0 aliphatic heterocycles. The molecular formula is C26H24ClN3O2S. The van der Waals surface area contributed by atoms with Gasteiger partial charge in [0.1, 0.15) is 5.52 Å². The first-order chi connectivity index (χ1) is 15.8. The van der Waals surface area contributed by atoms with Gasteiger partial charge in [-0.3, -0.25) is 10.1 Å². The van der Waals surface area contributed by atoms with E-state index in [0.29, 0.717) is 28.1 Å². The quantitative estimate of drug-likeness (QED) is 0.300. The minimum atomic E-state index is -0.371. The lowest BCUT2D eigenvalue weighted by Gasteiger charge is -2.11. The summed E-state index contributed by atoms with van der Waals surface area (Å²) in [5.74, 6) is 0.620. The van der Waals surface area contributed by atoms with Crippen molar-refractivity contribution in [3.8, 4) is 11.5 Å². The van der Waals surface area contributed by atoms with Crippen LogP contribution in [0, 0.1) is 6.92 Å². The number of amides is 1. The van der Waals surface area contributed by atoms with Gasteiger partial charge >= 0.3 is 0 Å². The van der Waals surface area contributed by atoms with E-state index in [0.717, 1.165) is 28.6 Å². The Bertz CT molecular complexity index is 1350. The van der Waals surface area contributed by atoms with Crippen molar-refractivity contribution in [3.05, 3.63) is 82.4 Å². The molecule has 7 heteroatoms. The van der Waals surface area contributed by atoms with Crippen LogP contribution < -0.4 is 10.6 Å². The number of thiocarbonyl (C=S) groups is 1. The van der Waals surface area contributed by atoms with Crippen LogP contribution in [0.25, 0.3) is 22.6 Å². The first-order valence-electron chi connectivity index (χ1n) is 10.7. The number of aryl methyl sites for hydroxylation is 1. The number of nitrogens with zero attached hydrogens (tertiary/aromatic N) is 1. The molecule has 0 fully saturated rings. The van der Waals surface area contributed by atoms with Gasteiger partial charge in [0.25, 0.3) is 5.91 Å². The average molecular weight is 478 g/mol. The van der Waals surface area contributed by atoms with Crippen molar-refractivity contribution < 1.29 is 9.21 Å². The second-order valence-corrected chi connectivity index (χ2v) is 8.84. The van der Waals surface area contributed by atoms with Crippen molar-refractivity contribution >= 4 is 51.6 Å². The predicted octanol–water partition coefficient (Wildman–Crippen LogP) is 7.10. The standard InChI is InChI=1S/C26H24ClN3O2S/c1-4-16(3)17-9-11-23-22(14-17)29-25(32-23)18-6-5-7-19(13-18)28-26(33)30-24(31)20-10-8-15(2)12-21(20)27/h5-14,16H,4H2,1-3H3,(H2,28,30,31,33)/t16-/m0/s1. The zero-order chi connectivity index (χ0) is 23.5. The molecule has 1 aromatic heterocycles. The molecule has 0 unspecified atom stereocenters. The maximum Gasteiger partial charge on any atom is 0.258 e. The number of carbonyl (C=O) groups is 1. The second-order valence-electron chi connectivity index (χ2n) is 8.03. The number of oxazole rings is 1. The van der Waals surface area contributed by atoms with Gasteiger partial charge in [-0.05, 0) is 85.1 Å². The molecule has 168 valence electrons. The topological polar surface area (TPSA) is 67.2 Å². The number of hydrogen-bond acceptors (Lipinski definition) is 4. The van der Waals surface area contributed by atoms with Crippen LogP contribution in [0.5, 0.6) is 0 Å². The number of hydrogen-bond donors (Lipinski definition) is 2. The van der Waals surface area contributed by atoms with Gasteiger partial charge in [0.05, 0.1) is 10.6 Å². The van der Waals surface area contributed by atoms with Crippen molar-refractivity contribution in [1.82, 2.24) is 10.3 Å². The Morgan fingerprint density at radius 1 is 1.15 bits per heavy atom. The van der Waals surface area contributed by atoms with E-state index in [4.69, 9.17) is 28.2 Å². The van der Waals surface area contributed by atoms with Crippen molar-refractivity contribution in [3.63, 3.8) is 0 Å². The molecule has 33 heavy (non-hydrogen) atoms. The Labute approximate surface area is 203 Å². The lowest BCUT2D eigenvalue weighted by Crippen LogP contribution is -2.34. The number of benzene rings is 3. The van der Waals surface area contributed by atoms with Crippen molar-refractivity contribution in [2.75, 3.05) is 5.32 Å². The number of rotatable bonds is 5. The Hall–Kier alpha value is -3.22. The van der Waals surface area contributed by atoms with Gasteiger partial charge in [-0.1, -0.05) is 43.6 Å². The smallest absolute Gasteiger partial charge is 0.258 e. The van der Waals surface area contributed by atoms with Gasteiger partial charge < -0.3 is 9.73 Å². The summed E-state index contributed by atoms with van der Waals surface area (Å²) in [6, 6.07) is 18.9. The zero-order valence-electron chi connectivity index (χ0n) is 18.6. The Morgan fingerprint density at radius 3 is 2.73 bits per heavy atom. The maximum absolute atomic E-state index is 12.5. The third-order valence-electron chi connectivity index (χ3n) is 5.56. The third-order valence-corrected chi connectivity index (χ3v) is 6.07. The third kappa shape index (κ3) is 5.24. The molecule has 0 aliphatic rings. The van der Waals surface area contributed by atoms with E-state index in [2.05, 4.69) is 41.6 Å². The summed E-state index contributed by atoms with van der Waals surface area (Å²) >= 11 is 11.5. The summed E-state index contributed by atoms with van der Waals surface area (Å²) in [6.07, 6.45) is 1.07. The number of nitrogens with one attached hydrogen (secondary N) is 2. The van der Waals surface area contributed by atoms with Crippen molar-refractivity contribution in [2.24, 2.45) is 0 Å². The molecule has 0 bridgehead atoms. The largest absolute Gasteiger partial charge is 0.436 e. The Morgan fingerprint density at radius 2 is 1.97 bits per heavy atom. The van der Waals surface area contributed by atoms with Gasteiger partial charge in [-0.2, -0.15) is 0 Å². The average Bonchev–Trinajstić information content (AvgIpc) is 3.22. The lowest BCUT2D eigenvalue weighted by atomic mass is 9.98. The molecule has 3 aromatic carbocycles. The van der Waals surface area contributed by atoms with Crippen LogP contribution in [0.4, 0.5) is 5.69 Å². The lowest BCUT2D eigenvalue weighted by molar-refractivity contribution is 0.0978. The van der Waals surface area contributed by atoms with Crippen LogP contribution in [0.3, 0.4) is 0 Å². The first kappa shape index (κ1) is 23.0. The summed E-state index contributed by atoms with van der Waals surface area (Å²) in [5, 5.41) is 6.25. The highest BCUT2D eigenvalue weighted by molar-refractivity contribution is 7.80.